The molecule has 1 aromatic carbocycles. The molecule has 1 saturated heterocycles. The number of imide groups is 1. The summed E-state index contributed by atoms with van der Waals surface area (Å²) in [4.78, 5) is 25.0. The molecule has 2 heterocycles. The molecule has 3 rings (SSSR count). The van der Waals surface area contributed by atoms with E-state index in [1.807, 2.05) is 13.8 Å². The van der Waals surface area contributed by atoms with Crippen LogP contribution in [0.2, 0.25) is 0 Å². The second kappa shape index (κ2) is 6.44. The number of amides is 2. The van der Waals surface area contributed by atoms with Crippen LogP contribution in [-0.2, 0) is 10.0 Å². The summed E-state index contributed by atoms with van der Waals surface area (Å²) < 4.78 is 27.2. The van der Waals surface area contributed by atoms with E-state index in [2.05, 4.69) is 5.32 Å². The largest absolute Gasteiger partial charge is 0.311 e. The van der Waals surface area contributed by atoms with E-state index >= 15 is 0 Å². The van der Waals surface area contributed by atoms with Gasteiger partial charge in [0.1, 0.15) is 0 Å². The zero-order chi connectivity index (χ0) is 16.9. The maximum Gasteiger partial charge on any atom is 0.261 e. The molecule has 2 unspecified atom stereocenters. The molecule has 0 radical (unpaired) electrons. The fourth-order valence-corrected chi connectivity index (χ4v) is 4.73. The Hall–Kier alpha value is -1.48. The summed E-state index contributed by atoms with van der Waals surface area (Å²) in [6.45, 7) is 4.74. The van der Waals surface area contributed by atoms with Gasteiger partial charge in [0, 0.05) is 32.2 Å². The van der Waals surface area contributed by atoms with E-state index in [4.69, 9.17) is 0 Å². The third kappa shape index (κ3) is 2.73. The summed E-state index contributed by atoms with van der Waals surface area (Å²) in [5.41, 5.74) is 0.396. The minimum absolute atomic E-state index is 0. The van der Waals surface area contributed by atoms with Gasteiger partial charge in [0.15, 0.2) is 0 Å². The average Bonchev–Trinajstić information content (AvgIpc) is 2.74. The second-order valence-electron chi connectivity index (χ2n) is 5.98. The number of piperazine rings is 1. The summed E-state index contributed by atoms with van der Waals surface area (Å²) >= 11 is 0. The van der Waals surface area contributed by atoms with Crippen LogP contribution in [0.5, 0.6) is 0 Å². The highest BCUT2D eigenvalue weighted by Crippen LogP contribution is 2.27. The molecule has 132 valence electrons. The van der Waals surface area contributed by atoms with Crippen LogP contribution in [0.25, 0.3) is 0 Å². The van der Waals surface area contributed by atoms with Crippen LogP contribution in [0.3, 0.4) is 0 Å². The maximum atomic E-state index is 12.9. The number of halogens is 1. The fourth-order valence-electron chi connectivity index (χ4n) is 3.00. The number of hydrogen-bond acceptors (Lipinski definition) is 5. The number of benzene rings is 1. The summed E-state index contributed by atoms with van der Waals surface area (Å²) in [5.74, 6) is -0.873. The highest BCUT2D eigenvalue weighted by Gasteiger charge is 2.37. The van der Waals surface area contributed by atoms with Crippen LogP contribution < -0.4 is 5.32 Å². The quantitative estimate of drug-likeness (QED) is 0.771. The lowest BCUT2D eigenvalue weighted by atomic mass is 10.1. The molecule has 0 spiro atoms. The Balaban J connectivity index is 0.00000208. The third-order valence-corrected chi connectivity index (χ3v) is 6.63. The predicted octanol–water partition coefficient (Wildman–Crippen LogP) is 0.705. The predicted molar refractivity (Wildman–Crippen MR) is 90.9 cm³/mol. The Morgan fingerprint density at radius 1 is 1.12 bits per heavy atom. The van der Waals surface area contributed by atoms with Crippen molar-refractivity contribution in [1.29, 1.82) is 0 Å². The summed E-state index contributed by atoms with van der Waals surface area (Å²) in [6, 6.07) is 3.98. The van der Waals surface area contributed by atoms with E-state index in [1.165, 1.54) is 29.6 Å². The molecule has 24 heavy (non-hydrogen) atoms. The van der Waals surface area contributed by atoms with E-state index < -0.39 is 21.8 Å². The smallest absolute Gasteiger partial charge is 0.261 e. The molecule has 2 aliphatic heterocycles. The van der Waals surface area contributed by atoms with Gasteiger partial charge in [-0.25, -0.2) is 8.42 Å². The normalized spacial score (nSPS) is 24.7. The lowest BCUT2D eigenvalue weighted by Gasteiger charge is -2.37. The number of nitrogens with zero attached hydrogens (tertiary/aromatic N) is 2. The maximum absolute atomic E-state index is 12.9. The topological polar surface area (TPSA) is 86.8 Å². The van der Waals surface area contributed by atoms with Crippen LogP contribution in [0.1, 0.15) is 34.6 Å². The molecule has 0 saturated carbocycles. The van der Waals surface area contributed by atoms with Gasteiger partial charge in [-0.3, -0.25) is 14.5 Å². The van der Waals surface area contributed by atoms with Gasteiger partial charge in [-0.1, -0.05) is 0 Å². The molecule has 0 aromatic heterocycles. The van der Waals surface area contributed by atoms with E-state index in [9.17, 15) is 18.0 Å². The SMILES string of the molecule is CC1NCCN(S(=O)(=O)c2ccc3c(c2)C(=O)N(C)C3=O)C1C.Cl. The zero-order valence-corrected chi connectivity index (χ0v) is 15.3. The number of carbonyl (C=O) groups excluding carboxylic acids is 2. The Morgan fingerprint density at radius 2 is 1.75 bits per heavy atom. The zero-order valence-electron chi connectivity index (χ0n) is 13.6. The van der Waals surface area contributed by atoms with Crippen molar-refractivity contribution in [2.45, 2.75) is 30.8 Å². The van der Waals surface area contributed by atoms with Crippen molar-refractivity contribution in [3.8, 4) is 0 Å². The minimum atomic E-state index is -3.71. The van der Waals surface area contributed by atoms with Crippen molar-refractivity contribution in [1.82, 2.24) is 14.5 Å². The van der Waals surface area contributed by atoms with Crippen molar-refractivity contribution in [2.24, 2.45) is 0 Å². The van der Waals surface area contributed by atoms with Crippen molar-refractivity contribution < 1.29 is 18.0 Å². The van der Waals surface area contributed by atoms with Gasteiger partial charge in [-0.15, -0.1) is 12.4 Å². The molecule has 2 atom stereocenters. The molecule has 1 aromatic rings. The third-order valence-electron chi connectivity index (χ3n) is 4.64. The fraction of sp³-hybridized carbons (Fsp3) is 0.467. The standard InChI is InChI=1S/C15H19N3O4S.ClH/c1-9-10(2)18(7-6-16-9)23(21,22)11-4-5-12-13(8-11)15(20)17(3)14(12)19;/h4-5,8-10,16H,6-7H2,1-3H3;1H. The Morgan fingerprint density at radius 3 is 2.42 bits per heavy atom. The van der Waals surface area contributed by atoms with E-state index in [1.54, 1.807) is 0 Å². The first-order valence-electron chi connectivity index (χ1n) is 7.47. The molecule has 0 aliphatic carbocycles. The highest BCUT2D eigenvalue weighted by molar-refractivity contribution is 7.89. The number of fused-ring (bicyclic) bond motifs is 1. The lowest BCUT2D eigenvalue weighted by molar-refractivity contribution is 0.0693. The van der Waals surface area contributed by atoms with Crippen LogP contribution in [0.15, 0.2) is 23.1 Å². The average molecular weight is 374 g/mol. The second-order valence-corrected chi connectivity index (χ2v) is 7.87. The Labute approximate surface area is 147 Å². The molecule has 9 heteroatoms. The molecule has 1 N–H and O–H groups in total. The van der Waals surface area contributed by atoms with Gasteiger partial charge in [0.25, 0.3) is 11.8 Å². The molecule has 0 bridgehead atoms. The van der Waals surface area contributed by atoms with Gasteiger partial charge in [0.05, 0.1) is 16.0 Å². The van der Waals surface area contributed by atoms with Gasteiger partial charge < -0.3 is 5.32 Å². The van der Waals surface area contributed by atoms with Gasteiger partial charge in [-0.2, -0.15) is 4.31 Å². The monoisotopic (exact) mass is 373 g/mol. The summed E-state index contributed by atoms with van der Waals surface area (Å²) in [5, 5.41) is 3.23. The van der Waals surface area contributed by atoms with E-state index in [0.717, 1.165) is 4.90 Å². The molecular formula is C15H20ClN3O4S. The molecular weight excluding hydrogens is 354 g/mol. The number of carbonyl (C=O) groups is 2. The van der Waals surface area contributed by atoms with Crippen molar-refractivity contribution in [3.05, 3.63) is 29.3 Å². The summed E-state index contributed by atoms with van der Waals surface area (Å²) in [6.07, 6.45) is 0. The molecule has 7 nitrogen and oxygen atoms in total. The van der Waals surface area contributed by atoms with Crippen molar-refractivity contribution >= 4 is 34.2 Å². The van der Waals surface area contributed by atoms with Crippen LogP contribution >= 0.6 is 12.4 Å². The van der Waals surface area contributed by atoms with Crippen molar-refractivity contribution in [3.63, 3.8) is 0 Å². The van der Waals surface area contributed by atoms with Gasteiger partial charge in [-0.05, 0) is 32.0 Å². The Kier molecular flexibility index (Phi) is 5.06. The molecule has 2 aliphatic rings. The Bertz CT molecular complexity index is 796. The first kappa shape index (κ1) is 18.9. The van der Waals surface area contributed by atoms with Crippen LogP contribution in [0.4, 0.5) is 0 Å². The highest BCUT2D eigenvalue weighted by atomic mass is 35.5. The van der Waals surface area contributed by atoms with E-state index in [0.29, 0.717) is 13.1 Å². The summed E-state index contributed by atoms with van der Waals surface area (Å²) in [7, 11) is -2.33. The van der Waals surface area contributed by atoms with Gasteiger partial charge >= 0.3 is 0 Å². The minimum Gasteiger partial charge on any atom is -0.311 e. The first-order chi connectivity index (χ1) is 10.7. The molecule has 2 amide bonds. The van der Waals surface area contributed by atoms with Crippen molar-refractivity contribution in [2.75, 3.05) is 20.1 Å². The number of rotatable bonds is 2. The number of nitrogens with one attached hydrogen (secondary N) is 1. The first-order valence-corrected chi connectivity index (χ1v) is 8.91. The molecule has 1 fully saturated rings. The lowest BCUT2D eigenvalue weighted by Crippen LogP contribution is -2.57. The number of hydrogen-bond donors (Lipinski definition) is 1. The van der Waals surface area contributed by atoms with Crippen LogP contribution in [-0.4, -0.2) is 61.7 Å². The van der Waals surface area contributed by atoms with Gasteiger partial charge in [0.2, 0.25) is 10.0 Å². The van der Waals surface area contributed by atoms with Crippen LogP contribution in [0, 0.1) is 0 Å². The van der Waals surface area contributed by atoms with E-state index in [-0.39, 0.29) is 40.5 Å². The number of sulfonamides is 1.